The van der Waals surface area contributed by atoms with E-state index in [2.05, 4.69) is 65.2 Å². The highest BCUT2D eigenvalue weighted by Gasteiger charge is 2.38. The number of carbonyl (C=O) groups excluding carboxylic acids is 1. The summed E-state index contributed by atoms with van der Waals surface area (Å²) in [5.41, 5.74) is 6.19. The van der Waals surface area contributed by atoms with E-state index in [0.29, 0.717) is 29.9 Å². The number of likely N-dealkylation sites (N-methyl/N-ethyl adjacent to an activating group) is 1. The zero-order chi connectivity index (χ0) is 27.5. The van der Waals surface area contributed by atoms with Crippen LogP contribution in [0.25, 0.3) is 5.57 Å². The molecule has 0 bridgehead atoms. The number of halogens is 2. The van der Waals surface area contributed by atoms with Crippen molar-refractivity contribution in [3.05, 3.63) is 76.4 Å². The number of ether oxygens (including phenoxy) is 1. The molecule has 39 heavy (non-hydrogen) atoms. The molecule has 0 saturated heterocycles. The van der Waals surface area contributed by atoms with E-state index in [4.69, 9.17) is 4.74 Å². The lowest BCUT2D eigenvalue weighted by molar-refractivity contribution is -0.137. The average Bonchev–Trinajstić information content (AvgIpc) is 2.84. The number of fused-ring (bicyclic) bond motifs is 1. The van der Waals surface area contributed by atoms with E-state index in [1.807, 2.05) is 6.92 Å². The first-order valence-electron chi connectivity index (χ1n) is 13.4. The maximum atomic E-state index is 12.5. The highest BCUT2D eigenvalue weighted by molar-refractivity contribution is 5.94. The minimum absolute atomic E-state index is 0. The number of carboxylic acid groups (broad SMARTS) is 1. The molecule has 0 spiro atoms. The molecule has 216 valence electrons. The Morgan fingerprint density at radius 2 is 1.49 bits per heavy atom. The Morgan fingerprint density at radius 3 is 1.97 bits per heavy atom. The van der Waals surface area contributed by atoms with Gasteiger partial charge in [-0.2, -0.15) is 0 Å². The summed E-state index contributed by atoms with van der Waals surface area (Å²) in [6, 6.07) is 11.1. The highest BCUT2D eigenvalue weighted by atomic mass is 35.5. The molecule has 1 aliphatic rings. The molecule has 0 aromatic heterocycles. The number of benzene rings is 2. The largest absolute Gasteiger partial charge is 0.481 e. The lowest BCUT2D eigenvalue weighted by Crippen LogP contribution is -2.34. The summed E-state index contributed by atoms with van der Waals surface area (Å²) >= 11 is 0. The second kappa shape index (κ2) is 13.8. The van der Waals surface area contributed by atoms with Crippen LogP contribution in [0.2, 0.25) is 0 Å². The molecule has 0 radical (unpaired) electrons. The van der Waals surface area contributed by atoms with Crippen LogP contribution in [0.5, 0.6) is 0 Å². The third-order valence-electron chi connectivity index (χ3n) is 8.15. The van der Waals surface area contributed by atoms with Crippen molar-refractivity contribution >= 4 is 42.3 Å². The lowest BCUT2D eigenvalue weighted by atomic mass is 9.62. The van der Waals surface area contributed by atoms with E-state index in [1.54, 1.807) is 24.3 Å². The van der Waals surface area contributed by atoms with Crippen LogP contribution >= 0.6 is 24.8 Å². The Balaban J connectivity index is 0.00000380. The van der Waals surface area contributed by atoms with Crippen molar-refractivity contribution in [3.8, 4) is 0 Å². The van der Waals surface area contributed by atoms with Gasteiger partial charge in [-0.3, -0.25) is 4.79 Å². The molecule has 1 atom stereocenters. The number of nitrogens with zero attached hydrogens (tertiary/aromatic N) is 1. The van der Waals surface area contributed by atoms with Gasteiger partial charge in [-0.05, 0) is 89.2 Å². The minimum atomic E-state index is -0.962. The second-order valence-corrected chi connectivity index (χ2v) is 11.6. The van der Waals surface area contributed by atoms with E-state index in [9.17, 15) is 14.7 Å². The highest BCUT2D eigenvalue weighted by Crippen LogP contribution is 2.47. The van der Waals surface area contributed by atoms with Crippen molar-refractivity contribution in [1.29, 1.82) is 0 Å². The molecule has 1 aliphatic carbocycles. The number of hydrogen-bond donors (Lipinski definition) is 1. The maximum absolute atomic E-state index is 12.5. The second-order valence-electron chi connectivity index (χ2n) is 11.6. The molecule has 3 rings (SSSR count). The molecule has 0 aliphatic heterocycles. The Morgan fingerprint density at radius 1 is 0.974 bits per heavy atom. The summed E-state index contributed by atoms with van der Waals surface area (Å²) < 4.78 is 5.42. The molecule has 1 N–H and O–H groups in total. The smallest absolute Gasteiger partial charge is 0.338 e. The van der Waals surface area contributed by atoms with Crippen LogP contribution in [-0.4, -0.2) is 48.2 Å². The number of carboxylic acids is 1. The van der Waals surface area contributed by atoms with Gasteiger partial charge in [-0.25, -0.2) is 4.79 Å². The monoisotopic (exact) mass is 577 g/mol. The molecular weight excluding hydrogens is 533 g/mol. The minimum Gasteiger partial charge on any atom is -0.481 e. The molecule has 0 heterocycles. The van der Waals surface area contributed by atoms with Gasteiger partial charge in [0, 0.05) is 6.54 Å². The van der Waals surface area contributed by atoms with Crippen LogP contribution in [0.3, 0.4) is 0 Å². The van der Waals surface area contributed by atoms with Crippen molar-refractivity contribution in [2.45, 2.75) is 78.1 Å². The number of rotatable bonds is 10. The van der Waals surface area contributed by atoms with Gasteiger partial charge in [0.1, 0.15) is 12.5 Å². The molecule has 0 fully saturated rings. The summed E-state index contributed by atoms with van der Waals surface area (Å²) in [4.78, 5) is 27.1. The molecule has 7 heteroatoms. The standard InChI is InChI=1S/C32H43NO4.2ClH/c1-9-33(10-2)17-18-37-30(36)24-13-11-23(12-14-24)28(29(34)35)22(4)25-20-27-26(19-21(25)3)31(5,6)15-16-32(27,7)8;;/h11-14,19-20,28H,4,9-10,15-18H2,1-3,5-8H3,(H,34,35);2*1H. The van der Waals surface area contributed by atoms with Crippen molar-refractivity contribution in [2.75, 3.05) is 26.2 Å². The fraction of sp³-hybridized carbons (Fsp3) is 0.500. The normalized spacial score (nSPS) is 15.8. The SMILES string of the molecule is C=C(c1cc2c(cc1C)C(C)(C)CCC2(C)C)C(C(=O)O)c1ccc(C(=O)OCCN(CC)CC)cc1.Cl.Cl. The topological polar surface area (TPSA) is 66.8 Å². The Bertz CT molecular complexity index is 1170. The number of carbonyl (C=O) groups is 2. The van der Waals surface area contributed by atoms with Gasteiger partial charge < -0.3 is 14.7 Å². The van der Waals surface area contributed by atoms with Crippen LogP contribution in [0.1, 0.15) is 98.5 Å². The zero-order valence-corrected chi connectivity index (χ0v) is 26.1. The Hall–Kier alpha value is -2.34. The molecule has 0 saturated carbocycles. The van der Waals surface area contributed by atoms with Gasteiger partial charge in [0.15, 0.2) is 0 Å². The third-order valence-corrected chi connectivity index (χ3v) is 8.15. The van der Waals surface area contributed by atoms with Crippen molar-refractivity contribution in [1.82, 2.24) is 4.90 Å². The van der Waals surface area contributed by atoms with Gasteiger partial charge in [-0.15, -0.1) is 24.8 Å². The quantitative estimate of drug-likeness (QED) is 0.295. The number of esters is 1. The molecular formula is C32H45Cl2NO4. The first kappa shape index (κ1) is 34.7. The van der Waals surface area contributed by atoms with Gasteiger partial charge >= 0.3 is 11.9 Å². The molecule has 0 amide bonds. The Labute approximate surface area is 246 Å². The molecule has 1 unspecified atom stereocenters. The van der Waals surface area contributed by atoms with Gasteiger partial charge in [0.05, 0.1) is 5.56 Å². The number of aliphatic carboxylic acids is 1. The summed E-state index contributed by atoms with van der Waals surface area (Å²) in [5, 5.41) is 10.2. The molecule has 2 aromatic carbocycles. The van der Waals surface area contributed by atoms with E-state index in [0.717, 1.165) is 37.1 Å². The van der Waals surface area contributed by atoms with E-state index in [-0.39, 0.29) is 35.6 Å². The summed E-state index contributed by atoms with van der Waals surface area (Å²) in [6.07, 6.45) is 2.20. The van der Waals surface area contributed by atoms with Gasteiger partial charge in [0.25, 0.3) is 0 Å². The lowest BCUT2D eigenvalue weighted by Gasteiger charge is -2.42. The van der Waals surface area contributed by atoms with Crippen LogP contribution in [0.15, 0.2) is 43.0 Å². The maximum Gasteiger partial charge on any atom is 0.338 e. The van der Waals surface area contributed by atoms with Crippen molar-refractivity contribution in [2.24, 2.45) is 0 Å². The van der Waals surface area contributed by atoms with Crippen LogP contribution in [0.4, 0.5) is 0 Å². The summed E-state index contributed by atoms with van der Waals surface area (Å²) in [6.45, 7) is 22.4. The first-order chi connectivity index (χ1) is 17.3. The Kier molecular flexibility index (Phi) is 12.3. The van der Waals surface area contributed by atoms with Crippen LogP contribution in [0, 0.1) is 6.92 Å². The van der Waals surface area contributed by atoms with Gasteiger partial charge in [-0.1, -0.05) is 72.4 Å². The first-order valence-corrected chi connectivity index (χ1v) is 13.4. The number of aryl methyl sites for hydroxylation is 1. The fourth-order valence-corrected chi connectivity index (χ4v) is 5.42. The predicted octanol–water partition coefficient (Wildman–Crippen LogP) is 7.57. The predicted molar refractivity (Wildman–Crippen MR) is 165 cm³/mol. The molecule has 2 aromatic rings. The summed E-state index contributed by atoms with van der Waals surface area (Å²) in [5.74, 6) is -2.28. The molecule has 5 nitrogen and oxygen atoms in total. The van der Waals surface area contributed by atoms with E-state index < -0.39 is 17.9 Å². The fourth-order valence-electron chi connectivity index (χ4n) is 5.42. The van der Waals surface area contributed by atoms with Crippen molar-refractivity contribution < 1.29 is 19.4 Å². The van der Waals surface area contributed by atoms with Crippen LogP contribution < -0.4 is 0 Å². The van der Waals surface area contributed by atoms with Crippen LogP contribution in [-0.2, 0) is 20.4 Å². The summed E-state index contributed by atoms with van der Waals surface area (Å²) in [7, 11) is 0. The zero-order valence-electron chi connectivity index (χ0n) is 24.4. The van der Waals surface area contributed by atoms with Crippen molar-refractivity contribution in [3.63, 3.8) is 0 Å². The van der Waals surface area contributed by atoms with E-state index >= 15 is 0 Å². The van der Waals surface area contributed by atoms with E-state index in [1.165, 1.54) is 11.1 Å². The van der Waals surface area contributed by atoms with Gasteiger partial charge in [0.2, 0.25) is 0 Å². The number of hydrogen-bond acceptors (Lipinski definition) is 4. The third kappa shape index (κ3) is 7.65. The average molecular weight is 579 g/mol.